The zero-order valence-electron chi connectivity index (χ0n) is 8.77. The van der Waals surface area contributed by atoms with Gasteiger partial charge in [-0.2, -0.15) is 0 Å². The van der Waals surface area contributed by atoms with E-state index in [4.69, 9.17) is 28.9 Å². The first-order valence-electron chi connectivity index (χ1n) is 4.93. The fourth-order valence-electron chi connectivity index (χ4n) is 1.55. The first-order valence-corrected chi connectivity index (χ1v) is 5.68. The highest BCUT2D eigenvalue weighted by molar-refractivity contribution is 6.31. The number of nitrogens with two attached hydrogens (primary N) is 1. The molecule has 3 N–H and O–H groups in total. The lowest BCUT2D eigenvalue weighted by atomic mass is 10.0. The number of aliphatic hydroxyl groups excluding tert-OH is 1. The molecule has 0 spiro atoms. The van der Waals surface area contributed by atoms with Gasteiger partial charge in [-0.05, 0) is 12.1 Å². The van der Waals surface area contributed by atoms with Gasteiger partial charge in [-0.1, -0.05) is 41.4 Å². The molecule has 3 nitrogen and oxygen atoms in total. The van der Waals surface area contributed by atoms with E-state index in [1.165, 1.54) is 6.20 Å². The van der Waals surface area contributed by atoms with Crippen molar-refractivity contribution in [3.63, 3.8) is 0 Å². The van der Waals surface area contributed by atoms with Crippen molar-refractivity contribution in [2.45, 2.75) is 6.10 Å². The number of pyridine rings is 1. The molecule has 5 heteroatoms. The molecule has 1 unspecified atom stereocenters. The second-order valence-electron chi connectivity index (χ2n) is 3.55. The van der Waals surface area contributed by atoms with Crippen LogP contribution in [0.2, 0.25) is 10.0 Å². The Balaban J connectivity index is 2.47. The van der Waals surface area contributed by atoms with Gasteiger partial charge in [0.1, 0.15) is 11.9 Å². The SMILES string of the molecule is Nc1ncc(Cl)cc1C(O)c1ccccc1Cl. The topological polar surface area (TPSA) is 59.1 Å². The maximum Gasteiger partial charge on any atom is 0.129 e. The molecule has 2 rings (SSSR count). The average molecular weight is 269 g/mol. The van der Waals surface area contributed by atoms with Crippen molar-refractivity contribution in [2.75, 3.05) is 5.73 Å². The number of aromatic nitrogens is 1. The number of aliphatic hydroxyl groups is 1. The lowest BCUT2D eigenvalue weighted by Crippen LogP contribution is -2.06. The van der Waals surface area contributed by atoms with Crippen molar-refractivity contribution in [3.05, 3.63) is 57.7 Å². The Morgan fingerprint density at radius 1 is 1.18 bits per heavy atom. The predicted molar refractivity (Wildman–Crippen MR) is 69.2 cm³/mol. The normalized spacial score (nSPS) is 12.4. The van der Waals surface area contributed by atoms with E-state index in [1.807, 2.05) is 0 Å². The molecule has 0 aliphatic heterocycles. The van der Waals surface area contributed by atoms with Gasteiger partial charge >= 0.3 is 0 Å². The summed E-state index contributed by atoms with van der Waals surface area (Å²) in [6.07, 6.45) is 0.495. The van der Waals surface area contributed by atoms with E-state index in [0.717, 1.165) is 0 Å². The maximum atomic E-state index is 10.2. The van der Waals surface area contributed by atoms with Gasteiger partial charge in [0.05, 0.1) is 5.02 Å². The first kappa shape index (κ1) is 12.2. The van der Waals surface area contributed by atoms with Crippen molar-refractivity contribution in [1.29, 1.82) is 0 Å². The third kappa shape index (κ3) is 2.52. The van der Waals surface area contributed by atoms with Gasteiger partial charge in [0.25, 0.3) is 0 Å². The van der Waals surface area contributed by atoms with Crippen LogP contribution in [0.25, 0.3) is 0 Å². The van der Waals surface area contributed by atoms with E-state index in [0.29, 0.717) is 21.2 Å². The molecule has 1 atom stereocenters. The number of hydrogen-bond donors (Lipinski definition) is 2. The first-order chi connectivity index (χ1) is 8.09. The Labute approximate surface area is 109 Å². The van der Waals surface area contributed by atoms with Gasteiger partial charge in [0, 0.05) is 22.3 Å². The van der Waals surface area contributed by atoms with Gasteiger partial charge in [-0.25, -0.2) is 4.98 Å². The summed E-state index contributed by atoms with van der Waals surface area (Å²) in [6.45, 7) is 0. The lowest BCUT2D eigenvalue weighted by Gasteiger charge is -2.14. The molecule has 0 bridgehead atoms. The van der Waals surface area contributed by atoms with Crippen LogP contribution in [-0.2, 0) is 0 Å². The average Bonchev–Trinajstić information content (AvgIpc) is 2.32. The molecule has 0 aliphatic rings. The van der Waals surface area contributed by atoms with Crippen LogP contribution in [0.3, 0.4) is 0 Å². The minimum absolute atomic E-state index is 0.238. The van der Waals surface area contributed by atoms with E-state index in [2.05, 4.69) is 4.98 Å². The monoisotopic (exact) mass is 268 g/mol. The summed E-state index contributed by atoms with van der Waals surface area (Å²) < 4.78 is 0. The third-order valence-corrected chi connectivity index (χ3v) is 2.96. The second kappa shape index (κ2) is 4.92. The van der Waals surface area contributed by atoms with Gasteiger partial charge in [0.15, 0.2) is 0 Å². The number of benzene rings is 1. The minimum Gasteiger partial charge on any atom is -0.383 e. The molecule has 0 amide bonds. The number of hydrogen-bond acceptors (Lipinski definition) is 3. The Hall–Kier alpha value is -1.29. The number of halogens is 2. The fourth-order valence-corrected chi connectivity index (χ4v) is 1.95. The van der Waals surface area contributed by atoms with Crippen molar-refractivity contribution in [3.8, 4) is 0 Å². The Bertz CT molecular complexity index is 546. The molecule has 0 saturated carbocycles. The van der Waals surface area contributed by atoms with Crippen LogP contribution in [0.5, 0.6) is 0 Å². The molecule has 17 heavy (non-hydrogen) atoms. The van der Waals surface area contributed by atoms with Crippen LogP contribution in [0.1, 0.15) is 17.2 Å². The summed E-state index contributed by atoms with van der Waals surface area (Å²) in [5, 5.41) is 11.1. The highest BCUT2D eigenvalue weighted by Crippen LogP contribution is 2.31. The highest BCUT2D eigenvalue weighted by Gasteiger charge is 2.17. The van der Waals surface area contributed by atoms with Crippen LogP contribution in [0.15, 0.2) is 36.5 Å². The molecule has 0 fully saturated rings. The summed E-state index contributed by atoms with van der Waals surface area (Å²) in [4.78, 5) is 3.90. The minimum atomic E-state index is -0.935. The molecular formula is C12H10Cl2N2O. The molecule has 88 valence electrons. The largest absolute Gasteiger partial charge is 0.383 e. The quantitative estimate of drug-likeness (QED) is 0.880. The molecule has 0 radical (unpaired) electrons. The van der Waals surface area contributed by atoms with E-state index in [9.17, 15) is 5.11 Å². The van der Waals surface area contributed by atoms with Crippen LogP contribution in [0, 0.1) is 0 Å². The summed E-state index contributed by atoms with van der Waals surface area (Å²) in [5.41, 5.74) is 6.73. The van der Waals surface area contributed by atoms with Crippen molar-refractivity contribution < 1.29 is 5.11 Å². The molecule has 1 heterocycles. The summed E-state index contributed by atoms with van der Waals surface area (Å²) >= 11 is 11.8. The molecule has 0 saturated heterocycles. The number of nitrogen functional groups attached to an aromatic ring is 1. The van der Waals surface area contributed by atoms with E-state index >= 15 is 0 Å². The molecule has 0 aliphatic carbocycles. The van der Waals surface area contributed by atoms with E-state index < -0.39 is 6.10 Å². The number of nitrogens with zero attached hydrogens (tertiary/aromatic N) is 1. The number of anilines is 1. The van der Waals surface area contributed by atoms with E-state index in [1.54, 1.807) is 30.3 Å². The highest BCUT2D eigenvalue weighted by atomic mass is 35.5. The standard InChI is InChI=1S/C12H10Cl2N2O/c13-7-5-9(12(15)16-6-7)11(17)8-3-1-2-4-10(8)14/h1-6,11,17H,(H2,15,16). The van der Waals surface area contributed by atoms with Crippen LogP contribution >= 0.6 is 23.2 Å². The van der Waals surface area contributed by atoms with Crippen LogP contribution < -0.4 is 5.73 Å². The molecule has 1 aromatic carbocycles. The Morgan fingerprint density at radius 3 is 2.59 bits per heavy atom. The van der Waals surface area contributed by atoms with Crippen LogP contribution in [-0.4, -0.2) is 10.1 Å². The van der Waals surface area contributed by atoms with Crippen molar-refractivity contribution in [1.82, 2.24) is 4.98 Å². The molecule has 1 aromatic heterocycles. The molecular weight excluding hydrogens is 259 g/mol. The summed E-state index contributed by atoms with van der Waals surface area (Å²) in [6, 6.07) is 8.59. The lowest BCUT2D eigenvalue weighted by molar-refractivity contribution is 0.221. The predicted octanol–water partition coefficient (Wildman–Crippen LogP) is 3.05. The van der Waals surface area contributed by atoms with Crippen molar-refractivity contribution in [2.24, 2.45) is 0 Å². The molecule has 2 aromatic rings. The van der Waals surface area contributed by atoms with Crippen LogP contribution in [0.4, 0.5) is 5.82 Å². The Kier molecular flexibility index (Phi) is 3.52. The van der Waals surface area contributed by atoms with Gasteiger partial charge < -0.3 is 10.8 Å². The summed E-state index contributed by atoms with van der Waals surface area (Å²) in [5.74, 6) is 0.238. The maximum absolute atomic E-state index is 10.2. The summed E-state index contributed by atoms with van der Waals surface area (Å²) in [7, 11) is 0. The zero-order valence-corrected chi connectivity index (χ0v) is 10.3. The third-order valence-electron chi connectivity index (χ3n) is 2.41. The fraction of sp³-hybridized carbons (Fsp3) is 0.0833. The van der Waals surface area contributed by atoms with Crippen molar-refractivity contribution >= 4 is 29.0 Å². The second-order valence-corrected chi connectivity index (χ2v) is 4.40. The smallest absolute Gasteiger partial charge is 0.129 e. The van der Waals surface area contributed by atoms with E-state index in [-0.39, 0.29) is 5.82 Å². The van der Waals surface area contributed by atoms with Gasteiger partial charge in [0.2, 0.25) is 0 Å². The Morgan fingerprint density at radius 2 is 1.88 bits per heavy atom. The zero-order chi connectivity index (χ0) is 12.4. The number of rotatable bonds is 2. The van der Waals surface area contributed by atoms with Gasteiger partial charge in [-0.3, -0.25) is 0 Å². The van der Waals surface area contributed by atoms with Gasteiger partial charge in [-0.15, -0.1) is 0 Å².